The van der Waals surface area contributed by atoms with E-state index >= 15 is 0 Å². The monoisotopic (exact) mass is 531 g/mol. The first-order valence-corrected chi connectivity index (χ1v) is 10.4. The molecule has 0 aliphatic heterocycles. The van der Waals surface area contributed by atoms with Crippen LogP contribution in [-0.2, 0) is 20.0 Å². The van der Waals surface area contributed by atoms with Gasteiger partial charge >= 0.3 is 23.4 Å². The van der Waals surface area contributed by atoms with Crippen LogP contribution in [0, 0.1) is 0 Å². The van der Waals surface area contributed by atoms with Crippen LogP contribution < -0.4 is 0 Å². The zero-order valence-corrected chi connectivity index (χ0v) is 16.9. The summed E-state index contributed by atoms with van der Waals surface area (Å²) in [4.78, 5) is 0.719. The lowest BCUT2D eigenvalue weighted by atomic mass is 10.1. The average Bonchev–Trinajstić information content (AvgIpc) is 2.45. The Morgan fingerprint density at radius 2 is 1.13 bits per heavy atom. The van der Waals surface area contributed by atoms with Crippen molar-refractivity contribution in [3.63, 3.8) is 0 Å². The van der Waals surface area contributed by atoms with Crippen LogP contribution in [0.1, 0.15) is 26.2 Å². The number of hydrogen-bond donors (Lipinski definition) is 0. The molecule has 1 atom stereocenters. The summed E-state index contributed by atoms with van der Waals surface area (Å²) in [5.41, 5.74) is -12.4. The van der Waals surface area contributed by atoms with E-state index in [4.69, 9.17) is 0 Å². The van der Waals surface area contributed by atoms with Crippen LogP contribution >= 0.6 is 0 Å². The van der Waals surface area contributed by atoms with Crippen LogP contribution in [0.15, 0.2) is 0 Å². The summed E-state index contributed by atoms with van der Waals surface area (Å²) in [6, 6.07) is -2.45. The van der Waals surface area contributed by atoms with Crippen LogP contribution in [0.2, 0.25) is 0 Å². The molecule has 0 N–H and O–H groups in total. The molecule has 0 amide bonds. The normalized spacial score (nSPS) is 15.5. The minimum Gasteiger partial charge on any atom is -0.421 e. The molecule has 0 bridgehead atoms. The lowest BCUT2D eigenvalue weighted by Crippen LogP contribution is -2.46. The third kappa shape index (κ3) is 12.0. The molecule has 0 aromatic carbocycles. The Morgan fingerprint density at radius 3 is 1.35 bits per heavy atom. The van der Waals surface area contributed by atoms with Gasteiger partial charge in [-0.25, -0.2) is 16.8 Å². The highest BCUT2D eigenvalue weighted by atomic mass is 32.3. The largest absolute Gasteiger partial charge is 0.480 e. The predicted molar refractivity (Wildman–Crippen MR) is 81.4 cm³/mol. The Morgan fingerprint density at radius 1 is 0.774 bits per heavy atom. The highest BCUT2D eigenvalue weighted by molar-refractivity contribution is 8.13. The maximum Gasteiger partial charge on any atom is 0.480 e. The van der Waals surface area contributed by atoms with Gasteiger partial charge in [0.25, 0.3) is 0 Å². The molecule has 0 rings (SSSR count). The van der Waals surface area contributed by atoms with Crippen LogP contribution in [0.4, 0.5) is 52.7 Å². The Hall–Kier alpha value is -1.02. The van der Waals surface area contributed by atoms with E-state index in [1.165, 1.54) is 0 Å². The molecule has 0 heterocycles. The van der Waals surface area contributed by atoms with Gasteiger partial charge in [0.05, 0.1) is 6.42 Å². The first-order valence-electron chi connectivity index (χ1n) is 7.49. The fourth-order valence-corrected chi connectivity index (χ4v) is 3.23. The van der Waals surface area contributed by atoms with Gasteiger partial charge in [0, 0.05) is 0 Å². The highest BCUT2D eigenvalue weighted by Crippen LogP contribution is 2.36. The van der Waals surface area contributed by atoms with Gasteiger partial charge in [0.15, 0.2) is 20.0 Å². The molecule has 6 nitrogen and oxygen atoms in total. The van der Waals surface area contributed by atoms with Crippen molar-refractivity contribution in [1.29, 1.82) is 0 Å². The SMILES string of the molecule is CCCCN(C)C(CC(F)(F)F)C(F)(F)F.O=S(=O)([N-]S(=O)(=O)C(F)(F)F)C(F)(F)F. The third-order valence-corrected chi connectivity index (χ3v) is 5.72. The maximum atomic E-state index is 12.4. The average molecular weight is 531 g/mol. The third-order valence-electron chi connectivity index (χ3n) is 2.98. The summed E-state index contributed by atoms with van der Waals surface area (Å²) in [5, 5.41) is 0. The van der Waals surface area contributed by atoms with Crippen molar-refractivity contribution in [3.8, 4) is 0 Å². The molecule has 0 saturated heterocycles. The number of alkyl halides is 12. The van der Waals surface area contributed by atoms with Crippen LogP contribution in [0.5, 0.6) is 0 Å². The second-order valence-corrected chi connectivity index (χ2v) is 9.05. The van der Waals surface area contributed by atoms with Crippen LogP contribution in [-0.4, -0.2) is 64.7 Å². The van der Waals surface area contributed by atoms with Crippen molar-refractivity contribution < 1.29 is 69.5 Å². The van der Waals surface area contributed by atoms with Gasteiger partial charge in [0.1, 0.15) is 6.04 Å². The number of sulfonamides is 2. The van der Waals surface area contributed by atoms with E-state index < -0.39 is 55.9 Å². The molecule has 0 aliphatic carbocycles. The molecule has 31 heavy (non-hydrogen) atoms. The van der Waals surface area contributed by atoms with Crippen molar-refractivity contribution in [2.24, 2.45) is 0 Å². The van der Waals surface area contributed by atoms with Crippen molar-refractivity contribution in [3.05, 3.63) is 4.13 Å². The smallest absolute Gasteiger partial charge is 0.421 e. The summed E-state index contributed by atoms with van der Waals surface area (Å²) < 4.78 is 182. The van der Waals surface area contributed by atoms with E-state index in [2.05, 4.69) is 0 Å². The first-order chi connectivity index (χ1) is 13.3. The van der Waals surface area contributed by atoms with Gasteiger partial charge in [-0.3, -0.25) is 4.90 Å². The zero-order valence-electron chi connectivity index (χ0n) is 15.3. The zero-order chi connectivity index (χ0) is 25.7. The molecular formula is C11H15F12N2O4S2-. The van der Waals surface area contributed by atoms with E-state index in [-0.39, 0.29) is 6.54 Å². The molecule has 0 aromatic rings. The topological polar surface area (TPSA) is 85.6 Å². The van der Waals surface area contributed by atoms with Crippen molar-refractivity contribution in [2.45, 2.75) is 55.6 Å². The lowest BCUT2D eigenvalue weighted by molar-refractivity contribution is -0.222. The summed E-state index contributed by atoms with van der Waals surface area (Å²) >= 11 is 0. The number of hydrogen-bond acceptors (Lipinski definition) is 5. The van der Waals surface area contributed by atoms with Crippen LogP contribution in [0.3, 0.4) is 0 Å². The quantitative estimate of drug-likeness (QED) is 0.447. The second-order valence-electron chi connectivity index (χ2n) is 5.63. The van der Waals surface area contributed by atoms with Gasteiger partial charge < -0.3 is 4.13 Å². The highest BCUT2D eigenvalue weighted by Gasteiger charge is 2.48. The molecular weight excluding hydrogens is 516 g/mol. The Labute approximate surface area is 168 Å². The maximum absolute atomic E-state index is 12.4. The molecule has 0 fully saturated rings. The molecule has 0 aromatic heterocycles. The Bertz CT molecular complexity index is 711. The minimum atomic E-state index is -6.72. The minimum absolute atomic E-state index is 0.0107. The standard InChI is InChI=1S/C9H15F6N.C2F6NO4S2/c1-3-4-5-16(2)7(9(13,14)15)6-8(10,11)12;3-1(4,5)14(10,11)9-15(12,13)2(6,7)8/h7H,3-6H2,1-2H3;/q;-1. The summed E-state index contributed by atoms with van der Waals surface area (Å²) in [5.74, 6) is 0. The molecule has 190 valence electrons. The van der Waals surface area contributed by atoms with E-state index in [9.17, 15) is 69.5 Å². The summed E-state index contributed by atoms with van der Waals surface area (Å²) in [7, 11) is -12.4. The predicted octanol–water partition coefficient (Wildman–Crippen LogP) is 4.66. The van der Waals surface area contributed by atoms with Crippen molar-refractivity contribution in [2.75, 3.05) is 13.6 Å². The van der Waals surface area contributed by atoms with Gasteiger partial charge in [-0.15, -0.1) is 0 Å². The van der Waals surface area contributed by atoms with Gasteiger partial charge in [0.2, 0.25) is 0 Å². The lowest BCUT2D eigenvalue weighted by Gasteiger charge is -2.30. The first kappa shape index (κ1) is 32.2. The second kappa shape index (κ2) is 10.7. The number of nitrogens with zero attached hydrogens (tertiary/aromatic N) is 2. The van der Waals surface area contributed by atoms with Crippen molar-refractivity contribution >= 4 is 20.0 Å². The molecule has 0 radical (unpaired) electrons. The summed E-state index contributed by atoms with van der Waals surface area (Å²) in [6.45, 7) is 1.77. The van der Waals surface area contributed by atoms with Gasteiger partial charge in [-0.2, -0.15) is 52.7 Å². The summed E-state index contributed by atoms with van der Waals surface area (Å²) in [6.07, 6.45) is -10.4. The van der Waals surface area contributed by atoms with Gasteiger partial charge in [-0.05, 0) is 20.0 Å². The van der Waals surface area contributed by atoms with Crippen molar-refractivity contribution in [1.82, 2.24) is 4.90 Å². The van der Waals surface area contributed by atoms with Crippen LogP contribution in [0.25, 0.3) is 4.13 Å². The number of unbranched alkanes of at least 4 members (excludes halogenated alkanes) is 1. The van der Waals surface area contributed by atoms with E-state index in [0.29, 0.717) is 12.8 Å². The number of halogens is 12. The Kier molecular flexibility index (Phi) is 11.1. The molecule has 20 heteroatoms. The molecule has 0 aliphatic rings. The molecule has 0 spiro atoms. The molecule has 1 unspecified atom stereocenters. The van der Waals surface area contributed by atoms with Gasteiger partial charge in [-0.1, -0.05) is 13.3 Å². The molecule has 0 saturated carbocycles. The fourth-order valence-electron chi connectivity index (χ4n) is 1.52. The number of rotatable bonds is 7. The van der Waals surface area contributed by atoms with E-state index in [0.717, 1.165) is 16.1 Å². The van der Waals surface area contributed by atoms with E-state index in [1.807, 2.05) is 0 Å². The Balaban J connectivity index is 0. The fraction of sp³-hybridized carbons (Fsp3) is 1.00. The van der Waals surface area contributed by atoms with E-state index in [1.54, 1.807) is 6.92 Å².